The van der Waals surface area contributed by atoms with Crippen molar-refractivity contribution in [3.05, 3.63) is 41.7 Å². The standard InChI is InChI=1S/C16H21FN2O/c1-12(13-5-7-14(17)8-6-13)10-16(20)19-9-3-2-4-15(19)11-18/h5-8,10,15H,2-4,9,11,18H2,1H3. The summed E-state index contributed by atoms with van der Waals surface area (Å²) in [5.41, 5.74) is 7.44. The summed E-state index contributed by atoms with van der Waals surface area (Å²) < 4.78 is 12.9. The second kappa shape index (κ2) is 6.66. The number of likely N-dealkylation sites (tertiary alicyclic amines) is 1. The molecule has 1 amide bonds. The molecule has 0 bridgehead atoms. The predicted molar refractivity (Wildman–Crippen MR) is 78.5 cm³/mol. The maximum atomic E-state index is 12.9. The molecule has 1 aliphatic heterocycles. The van der Waals surface area contributed by atoms with Crippen LogP contribution in [0.2, 0.25) is 0 Å². The normalized spacial score (nSPS) is 20.1. The van der Waals surface area contributed by atoms with Gasteiger partial charge in [-0.15, -0.1) is 0 Å². The van der Waals surface area contributed by atoms with Crippen molar-refractivity contribution < 1.29 is 9.18 Å². The summed E-state index contributed by atoms with van der Waals surface area (Å²) in [4.78, 5) is 14.2. The first kappa shape index (κ1) is 14.7. The van der Waals surface area contributed by atoms with Crippen LogP contribution in [-0.4, -0.2) is 29.9 Å². The van der Waals surface area contributed by atoms with Gasteiger partial charge in [-0.05, 0) is 49.5 Å². The number of nitrogens with zero attached hydrogens (tertiary/aromatic N) is 1. The summed E-state index contributed by atoms with van der Waals surface area (Å²) in [6.07, 6.45) is 4.77. The Morgan fingerprint density at radius 1 is 1.40 bits per heavy atom. The third-order valence-electron chi connectivity index (χ3n) is 3.82. The highest BCUT2D eigenvalue weighted by Crippen LogP contribution is 2.19. The van der Waals surface area contributed by atoms with Crippen molar-refractivity contribution in [3.8, 4) is 0 Å². The highest BCUT2D eigenvalue weighted by Gasteiger charge is 2.24. The van der Waals surface area contributed by atoms with E-state index in [9.17, 15) is 9.18 Å². The average molecular weight is 276 g/mol. The highest BCUT2D eigenvalue weighted by atomic mass is 19.1. The summed E-state index contributed by atoms with van der Waals surface area (Å²) in [5, 5.41) is 0. The van der Waals surface area contributed by atoms with E-state index in [1.807, 2.05) is 11.8 Å². The van der Waals surface area contributed by atoms with Crippen molar-refractivity contribution in [2.24, 2.45) is 5.73 Å². The first-order valence-electron chi connectivity index (χ1n) is 7.06. The Labute approximate surface area is 119 Å². The van der Waals surface area contributed by atoms with Crippen LogP contribution < -0.4 is 5.73 Å². The summed E-state index contributed by atoms with van der Waals surface area (Å²) >= 11 is 0. The summed E-state index contributed by atoms with van der Waals surface area (Å²) in [6.45, 7) is 3.15. The number of rotatable bonds is 3. The SMILES string of the molecule is CC(=CC(=O)N1CCCCC1CN)c1ccc(F)cc1. The van der Waals surface area contributed by atoms with Gasteiger partial charge in [-0.25, -0.2) is 4.39 Å². The van der Waals surface area contributed by atoms with Gasteiger partial charge in [0.25, 0.3) is 0 Å². The summed E-state index contributed by atoms with van der Waals surface area (Å²) in [6, 6.07) is 6.32. The Bertz CT molecular complexity index is 496. The van der Waals surface area contributed by atoms with Gasteiger partial charge in [-0.1, -0.05) is 12.1 Å². The molecule has 0 radical (unpaired) electrons. The fraction of sp³-hybridized carbons (Fsp3) is 0.438. The van der Waals surface area contributed by atoms with E-state index in [-0.39, 0.29) is 17.8 Å². The van der Waals surface area contributed by atoms with Gasteiger partial charge in [0.1, 0.15) is 5.82 Å². The molecule has 3 nitrogen and oxygen atoms in total. The number of halogens is 1. The van der Waals surface area contributed by atoms with E-state index in [4.69, 9.17) is 5.73 Å². The van der Waals surface area contributed by atoms with Crippen molar-refractivity contribution in [1.82, 2.24) is 4.90 Å². The van der Waals surface area contributed by atoms with E-state index in [0.717, 1.165) is 36.9 Å². The van der Waals surface area contributed by atoms with Crippen molar-refractivity contribution in [1.29, 1.82) is 0 Å². The van der Waals surface area contributed by atoms with Crippen LogP contribution in [-0.2, 0) is 4.79 Å². The molecular formula is C16H21FN2O. The molecule has 108 valence electrons. The number of hydrogen-bond donors (Lipinski definition) is 1. The van der Waals surface area contributed by atoms with Crippen molar-refractivity contribution >= 4 is 11.5 Å². The maximum Gasteiger partial charge on any atom is 0.247 e. The first-order chi connectivity index (χ1) is 9.61. The number of carbonyl (C=O) groups excluding carboxylic acids is 1. The fourth-order valence-corrected chi connectivity index (χ4v) is 2.60. The van der Waals surface area contributed by atoms with Crippen LogP contribution >= 0.6 is 0 Å². The number of carbonyl (C=O) groups is 1. The van der Waals surface area contributed by atoms with E-state index in [0.29, 0.717) is 6.54 Å². The lowest BCUT2D eigenvalue weighted by Crippen LogP contribution is -2.46. The maximum absolute atomic E-state index is 12.9. The quantitative estimate of drug-likeness (QED) is 0.862. The van der Waals surface area contributed by atoms with Crippen LogP contribution in [0.3, 0.4) is 0 Å². The van der Waals surface area contributed by atoms with E-state index in [1.54, 1.807) is 18.2 Å². The van der Waals surface area contributed by atoms with Gasteiger partial charge in [0, 0.05) is 25.2 Å². The number of allylic oxidation sites excluding steroid dienone is 1. The smallest absolute Gasteiger partial charge is 0.247 e. The molecule has 0 spiro atoms. The van der Waals surface area contributed by atoms with Crippen LogP contribution in [0.1, 0.15) is 31.7 Å². The van der Waals surface area contributed by atoms with Crippen LogP contribution in [0.4, 0.5) is 4.39 Å². The molecule has 1 atom stereocenters. The summed E-state index contributed by atoms with van der Waals surface area (Å²) in [7, 11) is 0. The molecule has 1 heterocycles. The Morgan fingerprint density at radius 3 is 2.75 bits per heavy atom. The molecule has 1 aromatic rings. The minimum Gasteiger partial charge on any atom is -0.335 e. The molecule has 1 aliphatic rings. The second-order valence-corrected chi connectivity index (χ2v) is 5.25. The van der Waals surface area contributed by atoms with Crippen LogP contribution in [0.25, 0.3) is 5.57 Å². The zero-order valence-corrected chi connectivity index (χ0v) is 11.8. The zero-order chi connectivity index (χ0) is 14.5. The molecule has 0 saturated carbocycles. The number of benzene rings is 1. The molecule has 20 heavy (non-hydrogen) atoms. The molecule has 2 N–H and O–H groups in total. The molecule has 1 fully saturated rings. The van der Waals surface area contributed by atoms with E-state index in [1.165, 1.54) is 12.1 Å². The molecule has 1 unspecified atom stereocenters. The van der Waals surface area contributed by atoms with Crippen molar-refractivity contribution in [2.45, 2.75) is 32.2 Å². The minimum atomic E-state index is -0.271. The van der Waals surface area contributed by atoms with Gasteiger partial charge in [-0.3, -0.25) is 4.79 Å². The molecular weight excluding hydrogens is 255 g/mol. The van der Waals surface area contributed by atoms with Gasteiger partial charge in [-0.2, -0.15) is 0 Å². The fourth-order valence-electron chi connectivity index (χ4n) is 2.60. The molecule has 0 aromatic heterocycles. The number of amides is 1. The third kappa shape index (κ3) is 3.45. The van der Waals surface area contributed by atoms with Crippen molar-refractivity contribution in [2.75, 3.05) is 13.1 Å². The largest absolute Gasteiger partial charge is 0.335 e. The molecule has 2 rings (SSSR count). The van der Waals surface area contributed by atoms with Crippen LogP contribution in [0.15, 0.2) is 30.3 Å². The topological polar surface area (TPSA) is 46.3 Å². The van der Waals surface area contributed by atoms with Gasteiger partial charge in [0.05, 0.1) is 0 Å². The lowest BCUT2D eigenvalue weighted by atomic mass is 10.0. The lowest BCUT2D eigenvalue weighted by molar-refractivity contribution is -0.129. The van der Waals surface area contributed by atoms with Gasteiger partial charge in [0.15, 0.2) is 0 Å². The number of nitrogens with two attached hydrogens (primary N) is 1. The Morgan fingerprint density at radius 2 is 2.10 bits per heavy atom. The Balaban J connectivity index is 2.12. The lowest BCUT2D eigenvalue weighted by Gasteiger charge is -2.34. The molecule has 0 aliphatic carbocycles. The van der Waals surface area contributed by atoms with E-state index < -0.39 is 0 Å². The Kier molecular flexibility index (Phi) is 4.90. The molecule has 1 saturated heterocycles. The molecule has 1 aromatic carbocycles. The van der Waals surface area contributed by atoms with Gasteiger partial charge in [0.2, 0.25) is 5.91 Å². The minimum absolute atomic E-state index is 0.00183. The zero-order valence-electron chi connectivity index (χ0n) is 11.8. The van der Waals surface area contributed by atoms with E-state index >= 15 is 0 Å². The van der Waals surface area contributed by atoms with Crippen LogP contribution in [0.5, 0.6) is 0 Å². The number of hydrogen-bond acceptors (Lipinski definition) is 2. The van der Waals surface area contributed by atoms with Crippen LogP contribution in [0, 0.1) is 5.82 Å². The second-order valence-electron chi connectivity index (χ2n) is 5.25. The van der Waals surface area contributed by atoms with E-state index in [2.05, 4.69) is 0 Å². The monoisotopic (exact) mass is 276 g/mol. The van der Waals surface area contributed by atoms with Crippen molar-refractivity contribution in [3.63, 3.8) is 0 Å². The predicted octanol–water partition coefficient (Wildman–Crippen LogP) is 2.57. The summed E-state index contributed by atoms with van der Waals surface area (Å²) in [5.74, 6) is -0.269. The Hall–Kier alpha value is -1.68. The number of piperidine rings is 1. The highest BCUT2D eigenvalue weighted by molar-refractivity contribution is 5.95. The average Bonchev–Trinajstić information content (AvgIpc) is 2.47. The van der Waals surface area contributed by atoms with Gasteiger partial charge < -0.3 is 10.6 Å². The van der Waals surface area contributed by atoms with Gasteiger partial charge >= 0.3 is 0 Å². The molecule has 4 heteroatoms. The first-order valence-corrected chi connectivity index (χ1v) is 7.06. The third-order valence-corrected chi connectivity index (χ3v) is 3.82.